The molecule has 29 N–H and O–H groups in total. The molecule has 8 aliphatic rings. The molecule has 0 aromatic carbocycles. The minimum absolute atomic E-state index is 0.913. The van der Waals surface area contributed by atoms with Gasteiger partial charge in [0.1, 0.15) is 213 Å². The van der Waals surface area contributed by atoms with Crippen LogP contribution in [0.5, 0.6) is 0 Å². The number of carbonyl (C=O) groups excluding carboxylic acids is 3. The Balaban J connectivity index is 1.11. The van der Waals surface area contributed by atoms with E-state index in [4.69, 9.17) is 75.8 Å². The minimum atomic E-state index is -2.50. The predicted octanol–water partition coefficient (Wildman–Crippen LogP) is -19.5. The summed E-state index contributed by atoms with van der Waals surface area (Å²) in [6.45, 7) is -5.92. The van der Waals surface area contributed by atoms with Gasteiger partial charge in [0.05, 0.1) is 65.6 Å². The fraction of sp³-hybridized carbons (Fsp3) is 0.950. The van der Waals surface area contributed by atoms with E-state index in [9.17, 15) is 147 Å². The molecule has 0 bridgehead atoms. The molecule has 108 heavy (non-hydrogen) atoms. The summed E-state index contributed by atoms with van der Waals surface area (Å²) in [4.78, 5) is 39.0. The van der Waals surface area contributed by atoms with Crippen LogP contribution in [0.1, 0.15) is 27.7 Å². The van der Waals surface area contributed by atoms with E-state index in [1.165, 1.54) is 6.92 Å². The van der Waals surface area contributed by atoms with Crippen molar-refractivity contribution in [2.45, 2.75) is 298 Å². The van der Waals surface area contributed by atoms with E-state index in [1.807, 2.05) is 0 Å². The molecule has 8 fully saturated rings. The molecule has 0 radical (unpaired) electrons. The third kappa shape index (κ3) is 20.1. The van der Waals surface area contributed by atoms with E-state index in [0.717, 1.165) is 20.8 Å². The second-order valence-corrected chi connectivity index (χ2v) is 27.2. The average molecular weight is 1590 g/mol. The minimum Gasteiger partial charge on any atom is -0.394 e. The summed E-state index contributed by atoms with van der Waals surface area (Å²) in [7, 11) is 0. The molecular weight excluding hydrogens is 1480 g/mol. The smallest absolute Gasteiger partial charge is 0.217 e. The second kappa shape index (κ2) is 39.9. The molecule has 8 aliphatic heterocycles. The van der Waals surface area contributed by atoms with Gasteiger partial charge in [-0.25, -0.2) is 0 Å². The summed E-state index contributed by atoms with van der Waals surface area (Å²) in [6.07, 6.45) is -83.7. The molecule has 0 aromatic rings. The van der Waals surface area contributed by atoms with Crippen molar-refractivity contribution in [3.05, 3.63) is 0 Å². The standard InChI is InChI=1S/C60H103N3O45/c1-14-30(77)39(86)42(89)56(94-14)108-52-41(88)33(80)21(8-67)97-60(52)105-49-23(10-69)98-53(27(36(49)83)61-15(2)72)93-13-26-35(82)51(107-55-28(62-16(3)73)37(84)47(24(11-70)99-55)103-57-43(90)40(87)32(79)20(7-66)95-57)45(92)59(101-26)104-48-25(12-71)100-54(29(38(48)85)63-17(4)74)106-50-34(81)22(9-68)96-58(44(50)91)102-46(19(76)6-65)31(78)18(75)5-64/h14,18-60,64-71,75-92H,5-13H2,1-4H3,(H,61,72)(H,62,73)(H,63,74)/t14-,18-,19+,20+,21+,22+,23+,24+,25+,26+,27+,28+,29+,30+,31+,32-,33-,34-,35-,36+,37+,38+,39+,40-,41-,42-,43+,44+,45+,46+,47+,48+,49+,50-,51-,52+,53+,54-,55-,56-,57-,58-,59-,60-/m0/s1. The molecule has 0 saturated carbocycles. The van der Waals surface area contributed by atoms with Crippen molar-refractivity contribution in [1.29, 1.82) is 0 Å². The number of carbonyl (C=O) groups is 3. The van der Waals surface area contributed by atoms with Crippen LogP contribution in [0.25, 0.3) is 0 Å². The van der Waals surface area contributed by atoms with Crippen LogP contribution in [-0.4, -0.2) is 480 Å². The zero-order valence-corrected chi connectivity index (χ0v) is 58.2. The third-order valence-electron chi connectivity index (χ3n) is 19.6. The molecule has 0 spiro atoms. The van der Waals surface area contributed by atoms with Crippen LogP contribution in [0.3, 0.4) is 0 Å². The number of hydrogen-bond donors (Lipinski definition) is 29. The van der Waals surface area contributed by atoms with Gasteiger partial charge in [0, 0.05) is 20.8 Å². The van der Waals surface area contributed by atoms with Gasteiger partial charge in [0.15, 0.2) is 50.3 Å². The van der Waals surface area contributed by atoms with Gasteiger partial charge in [-0.3, -0.25) is 14.4 Å². The van der Waals surface area contributed by atoms with Crippen molar-refractivity contribution in [2.75, 3.05) is 59.5 Å². The van der Waals surface area contributed by atoms with Crippen molar-refractivity contribution in [2.24, 2.45) is 0 Å². The first kappa shape index (κ1) is 90.3. The SMILES string of the molecule is CC(=O)N[C@H]1[C@H](O[C@H]2[C@@H](O)[C@@H](CO[C@@H]3O[C@H](CO)[C@@H](O[C@@H]4O[C@H](CO)[C@H](O)[C@H](O)[C@H]4O[C@@H]4O[C@@H](C)[C@@H](O)[C@@H](O)[C@@H]4O)[C@H](O)[C@H]3NC(C)=O)O[C@@H](O[C@H]3[C@H](O)[C@@H](NC(C)=O)[C@H](O[C@H]4[C@@H](O)[C@@H](CO)O[C@@H](O[C@@H]([C@H](O)[C@@H](O)CO)[C@H](O)CO)[C@@H]4O)O[C@@H]3CO)[C@@H]2O)O[C@H](CO)[C@@H](O[C@@H]2O[C@H](CO)[C@H](O)[C@H](O)[C@H]2O)[C@@H]1O. The van der Waals surface area contributed by atoms with Crippen molar-refractivity contribution >= 4 is 17.7 Å². The lowest BCUT2D eigenvalue weighted by Gasteiger charge is -2.51. The topological polar surface area (TPSA) is 761 Å². The lowest BCUT2D eigenvalue weighted by molar-refractivity contribution is -0.389. The fourth-order valence-corrected chi connectivity index (χ4v) is 13.6. The van der Waals surface area contributed by atoms with Crippen molar-refractivity contribution < 1.29 is 223 Å². The van der Waals surface area contributed by atoms with Crippen LogP contribution in [0.15, 0.2) is 0 Å². The summed E-state index contributed by atoms with van der Waals surface area (Å²) in [5, 5.41) is 291. The molecule has 628 valence electrons. The summed E-state index contributed by atoms with van der Waals surface area (Å²) < 4.78 is 94.0. The number of hydrogen-bond acceptors (Lipinski definition) is 45. The Morgan fingerprint density at radius 3 is 1.08 bits per heavy atom. The summed E-state index contributed by atoms with van der Waals surface area (Å²) >= 11 is 0. The molecule has 3 amide bonds. The molecule has 0 unspecified atom stereocenters. The maximum absolute atomic E-state index is 13.0. The Morgan fingerprint density at radius 2 is 0.639 bits per heavy atom. The normalized spacial score (nSPS) is 47.3. The Labute approximate surface area is 612 Å². The quantitative estimate of drug-likeness (QED) is 0.0306. The zero-order valence-electron chi connectivity index (χ0n) is 58.2. The maximum atomic E-state index is 13.0. The molecule has 44 atom stereocenters. The van der Waals surface area contributed by atoms with Crippen molar-refractivity contribution in [3.8, 4) is 0 Å². The first-order valence-electron chi connectivity index (χ1n) is 34.4. The van der Waals surface area contributed by atoms with Gasteiger partial charge in [-0.2, -0.15) is 0 Å². The summed E-state index contributed by atoms with van der Waals surface area (Å²) in [6, 6.07) is -5.85. The van der Waals surface area contributed by atoms with Crippen molar-refractivity contribution in [1.82, 2.24) is 16.0 Å². The van der Waals surface area contributed by atoms with E-state index < -0.39 is 347 Å². The van der Waals surface area contributed by atoms with Gasteiger partial charge in [-0.05, 0) is 6.92 Å². The number of amides is 3. The lowest BCUT2D eigenvalue weighted by Crippen LogP contribution is -2.71. The number of nitrogens with one attached hydrogen (secondary N) is 3. The number of aliphatic hydroxyl groups excluding tert-OH is 26. The predicted molar refractivity (Wildman–Crippen MR) is 333 cm³/mol. The van der Waals surface area contributed by atoms with Crippen LogP contribution >= 0.6 is 0 Å². The highest BCUT2D eigenvalue weighted by molar-refractivity contribution is 5.74. The monoisotopic (exact) mass is 1590 g/mol. The van der Waals surface area contributed by atoms with Crippen LogP contribution in [0.2, 0.25) is 0 Å². The fourth-order valence-electron chi connectivity index (χ4n) is 13.6. The third-order valence-corrected chi connectivity index (χ3v) is 19.6. The molecule has 8 heterocycles. The molecular formula is C60H103N3O45. The largest absolute Gasteiger partial charge is 0.394 e. The number of aliphatic hydroxyl groups is 26. The first-order valence-corrected chi connectivity index (χ1v) is 34.4. The Hall–Kier alpha value is -3.27. The first-order chi connectivity index (χ1) is 51.0. The highest BCUT2D eigenvalue weighted by Gasteiger charge is 2.60. The molecule has 8 rings (SSSR count). The van der Waals surface area contributed by atoms with E-state index >= 15 is 0 Å². The zero-order chi connectivity index (χ0) is 79.9. The van der Waals surface area contributed by atoms with E-state index in [0.29, 0.717) is 0 Å². The second-order valence-electron chi connectivity index (χ2n) is 27.2. The number of rotatable bonds is 31. The van der Waals surface area contributed by atoms with E-state index in [2.05, 4.69) is 16.0 Å². The van der Waals surface area contributed by atoms with Crippen LogP contribution < -0.4 is 16.0 Å². The van der Waals surface area contributed by atoms with Crippen LogP contribution in [0.4, 0.5) is 0 Å². The van der Waals surface area contributed by atoms with Gasteiger partial charge in [-0.15, -0.1) is 0 Å². The Bertz CT molecular complexity index is 2770. The Kier molecular flexibility index (Phi) is 33.3. The number of ether oxygens (including phenoxy) is 16. The van der Waals surface area contributed by atoms with Crippen molar-refractivity contribution in [3.63, 3.8) is 0 Å². The highest BCUT2D eigenvalue weighted by Crippen LogP contribution is 2.39. The van der Waals surface area contributed by atoms with E-state index in [1.54, 1.807) is 0 Å². The molecule has 48 heteroatoms. The van der Waals surface area contributed by atoms with Gasteiger partial charge in [0.2, 0.25) is 17.7 Å². The van der Waals surface area contributed by atoms with Crippen LogP contribution in [-0.2, 0) is 90.2 Å². The van der Waals surface area contributed by atoms with Gasteiger partial charge in [0.25, 0.3) is 0 Å². The summed E-state index contributed by atoms with van der Waals surface area (Å²) in [5.74, 6) is -2.88. The Morgan fingerprint density at radius 1 is 0.315 bits per heavy atom. The molecule has 0 aliphatic carbocycles. The van der Waals surface area contributed by atoms with Gasteiger partial charge < -0.3 is 225 Å². The maximum Gasteiger partial charge on any atom is 0.217 e. The summed E-state index contributed by atoms with van der Waals surface area (Å²) in [5.41, 5.74) is 0. The van der Waals surface area contributed by atoms with Gasteiger partial charge in [-0.1, -0.05) is 0 Å². The average Bonchev–Trinajstić information content (AvgIpc) is 0.769. The molecule has 8 saturated heterocycles. The van der Waals surface area contributed by atoms with Crippen LogP contribution in [0, 0.1) is 0 Å². The van der Waals surface area contributed by atoms with E-state index in [-0.39, 0.29) is 0 Å². The molecule has 0 aromatic heterocycles. The van der Waals surface area contributed by atoms with Gasteiger partial charge >= 0.3 is 0 Å². The lowest BCUT2D eigenvalue weighted by atomic mass is 9.93. The molecule has 48 nitrogen and oxygen atoms in total. The highest BCUT2D eigenvalue weighted by atomic mass is 16.8.